The number of hydrogen-bond donors (Lipinski definition) is 1. The molecule has 0 atom stereocenters. The van der Waals surface area contributed by atoms with Gasteiger partial charge in [-0.15, -0.1) is 6.58 Å². The number of fused-ring (bicyclic) bond motifs is 1. The van der Waals surface area contributed by atoms with Crippen molar-refractivity contribution >= 4 is 26.8 Å². The normalized spacial score (nSPS) is 10.7. The van der Waals surface area contributed by atoms with E-state index in [1.54, 1.807) is 16.8 Å². The van der Waals surface area contributed by atoms with Crippen molar-refractivity contribution in [1.82, 2.24) is 9.55 Å². The molecule has 0 aliphatic heterocycles. The molecule has 0 aliphatic carbocycles. The Balaban J connectivity index is 2.61. The summed E-state index contributed by atoms with van der Waals surface area (Å²) in [7, 11) is 0. The Bertz CT molecular complexity index is 553. The van der Waals surface area contributed by atoms with Gasteiger partial charge in [0.2, 0.25) is 0 Å². The summed E-state index contributed by atoms with van der Waals surface area (Å²) in [6.45, 7) is 4.31. The summed E-state index contributed by atoms with van der Waals surface area (Å²) < 4.78 is 2.62. The number of aromatic nitrogens is 2. The number of nitrogens with zero attached hydrogens (tertiary/aromatic N) is 1. The molecule has 4 heteroatoms. The smallest absolute Gasteiger partial charge is 0.274 e. The van der Waals surface area contributed by atoms with Crippen LogP contribution in [0.4, 0.5) is 0 Å². The summed E-state index contributed by atoms with van der Waals surface area (Å²) in [5.74, 6) is 0. The second kappa shape index (κ2) is 4.06. The Kier molecular flexibility index (Phi) is 2.77. The van der Waals surface area contributed by atoms with Gasteiger partial charge in [-0.25, -0.2) is 0 Å². The molecule has 15 heavy (non-hydrogen) atoms. The Labute approximate surface area is 95.6 Å². The van der Waals surface area contributed by atoms with Crippen molar-refractivity contribution in [3.63, 3.8) is 0 Å². The van der Waals surface area contributed by atoms with Crippen LogP contribution < -0.4 is 5.56 Å². The van der Waals surface area contributed by atoms with Crippen molar-refractivity contribution in [3.8, 4) is 0 Å². The molecule has 2 aromatic heterocycles. The van der Waals surface area contributed by atoms with Gasteiger partial charge in [0.15, 0.2) is 0 Å². The lowest BCUT2D eigenvalue weighted by molar-refractivity contribution is 0.685. The van der Waals surface area contributed by atoms with Gasteiger partial charge in [0.05, 0.1) is 0 Å². The van der Waals surface area contributed by atoms with E-state index in [0.29, 0.717) is 12.1 Å². The molecule has 0 amide bonds. The number of allylic oxidation sites excluding steroid dienone is 1. The topological polar surface area (TPSA) is 37.8 Å². The molecule has 2 heterocycles. The molecular formula is C11H11BrN2O. The molecule has 0 unspecified atom stereocenters. The number of nitrogens with one attached hydrogen (secondary N) is 1. The van der Waals surface area contributed by atoms with Crippen LogP contribution >= 0.6 is 15.9 Å². The van der Waals surface area contributed by atoms with Crippen LogP contribution in [0.15, 0.2) is 40.4 Å². The van der Waals surface area contributed by atoms with Gasteiger partial charge < -0.3 is 9.55 Å². The molecule has 0 fully saturated rings. The van der Waals surface area contributed by atoms with E-state index in [-0.39, 0.29) is 5.56 Å². The van der Waals surface area contributed by atoms with E-state index in [9.17, 15) is 4.79 Å². The average Bonchev–Trinajstić information content (AvgIpc) is 2.70. The van der Waals surface area contributed by atoms with Gasteiger partial charge in [0, 0.05) is 28.8 Å². The first-order valence-electron chi connectivity index (χ1n) is 4.71. The number of aryl methyl sites for hydroxylation is 1. The lowest BCUT2D eigenvalue weighted by Gasteiger charge is -2.05. The van der Waals surface area contributed by atoms with E-state index in [4.69, 9.17) is 0 Å². The second-order valence-electron chi connectivity index (χ2n) is 3.32. The number of rotatable bonds is 3. The second-order valence-corrected chi connectivity index (χ2v) is 4.17. The first-order chi connectivity index (χ1) is 7.24. The molecule has 0 aliphatic rings. The zero-order valence-electron chi connectivity index (χ0n) is 8.16. The number of pyridine rings is 1. The standard InChI is InChI=1S/C11H11BrN2O/c1-2-3-6-14-7-9(12)8-4-5-13-10(8)11(14)15/h2,4-5,7,13H,1,3,6H2. The van der Waals surface area contributed by atoms with Crippen molar-refractivity contribution in [2.75, 3.05) is 0 Å². The molecule has 3 nitrogen and oxygen atoms in total. The van der Waals surface area contributed by atoms with Gasteiger partial charge in [0.1, 0.15) is 5.52 Å². The first-order valence-corrected chi connectivity index (χ1v) is 5.50. The van der Waals surface area contributed by atoms with Gasteiger partial charge in [-0.2, -0.15) is 0 Å². The summed E-state index contributed by atoms with van der Waals surface area (Å²) in [5.41, 5.74) is 0.661. The Hall–Kier alpha value is -1.29. The summed E-state index contributed by atoms with van der Waals surface area (Å²) in [5, 5.41) is 0.926. The number of H-pyrrole nitrogens is 1. The SMILES string of the molecule is C=CCCn1cc(Br)c2cc[nH]c2c1=O. The monoisotopic (exact) mass is 266 g/mol. The van der Waals surface area contributed by atoms with Crippen molar-refractivity contribution < 1.29 is 0 Å². The third-order valence-corrected chi connectivity index (χ3v) is 2.95. The van der Waals surface area contributed by atoms with Gasteiger partial charge in [-0.3, -0.25) is 4.79 Å². The number of aromatic amines is 1. The Morgan fingerprint density at radius 3 is 3.13 bits per heavy atom. The van der Waals surface area contributed by atoms with Crippen LogP contribution in [0.1, 0.15) is 6.42 Å². The van der Waals surface area contributed by atoms with E-state index in [2.05, 4.69) is 27.5 Å². The minimum absolute atomic E-state index is 0.0139. The van der Waals surface area contributed by atoms with E-state index >= 15 is 0 Å². The van der Waals surface area contributed by atoms with Crippen LogP contribution in [-0.4, -0.2) is 9.55 Å². The van der Waals surface area contributed by atoms with Crippen LogP contribution in [0.3, 0.4) is 0 Å². The van der Waals surface area contributed by atoms with Gasteiger partial charge in [-0.1, -0.05) is 6.08 Å². The van der Waals surface area contributed by atoms with Crippen LogP contribution in [0.25, 0.3) is 10.9 Å². The molecule has 2 aromatic rings. The quantitative estimate of drug-likeness (QED) is 0.853. The van der Waals surface area contributed by atoms with E-state index < -0.39 is 0 Å². The molecule has 1 N–H and O–H groups in total. The zero-order chi connectivity index (χ0) is 10.8. The van der Waals surface area contributed by atoms with Gasteiger partial charge in [0.25, 0.3) is 5.56 Å². The average molecular weight is 267 g/mol. The molecule has 78 valence electrons. The van der Waals surface area contributed by atoms with E-state index in [1.807, 2.05) is 12.3 Å². The molecule has 0 radical (unpaired) electrons. The lowest BCUT2D eigenvalue weighted by Crippen LogP contribution is -2.19. The molecule has 0 saturated carbocycles. The van der Waals surface area contributed by atoms with Crippen LogP contribution in [-0.2, 0) is 6.54 Å². The van der Waals surface area contributed by atoms with E-state index in [0.717, 1.165) is 16.3 Å². The predicted molar refractivity (Wildman–Crippen MR) is 65.1 cm³/mol. The van der Waals surface area contributed by atoms with E-state index in [1.165, 1.54) is 0 Å². The largest absolute Gasteiger partial charge is 0.357 e. The number of halogens is 1. The fraction of sp³-hybridized carbons (Fsp3) is 0.182. The maximum Gasteiger partial charge on any atom is 0.274 e. The fourth-order valence-electron chi connectivity index (χ4n) is 1.55. The maximum atomic E-state index is 11.9. The van der Waals surface area contributed by atoms with Crippen molar-refractivity contribution in [2.24, 2.45) is 0 Å². The van der Waals surface area contributed by atoms with Crippen LogP contribution in [0, 0.1) is 0 Å². The third kappa shape index (κ3) is 1.77. The summed E-state index contributed by atoms with van der Waals surface area (Å²) in [6, 6.07) is 1.89. The minimum Gasteiger partial charge on any atom is -0.357 e. The molecule has 0 spiro atoms. The molecule has 0 bridgehead atoms. The summed E-state index contributed by atoms with van der Waals surface area (Å²) >= 11 is 3.45. The summed E-state index contributed by atoms with van der Waals surface area (Å²) in [6.07, 6.45) is 6.19. The zero-order valence-corrected chi connectivity index (χ0v) is 9.75. The maximum absolute atomic E-state index is 11.9. The molecule has 2 rings (SSSR count). The highest BCUT2D eigenvalue weighted by molar-refractivity contribution is 9.10. The molecule has 0 aromatic carbocycles. The van der Waals surface area contributed by atoms with Gasteiger partial charge in [-0.05, 0) is 28.4 Å². The Morgan fingerprint density at radius 1 is 1.60 bits per heavy atom. The number of hydrogen-bond acceptors (Lipinski definition) is 1. The van der Waals surface area contributed by atoms with Crippen LogP contribution in [0.5, 0.6) is 0 Å². The lowest BCUT2D eigenvalue weighted by atomic mass is 10.3. The third-order valence-electron chi connectivity index (χ3n) is 2.32. The first kappa shape index (κ1) is 10.2. The van der Waals surface area contributed by atoms with Crippen molar-refractivity contribution in [3.05, 3.63) is 45.9 Å². The molecule has 0 saturated heterocycles. The highest BCUT2D eigenvalue weighted by Gasteiger charge is 2.06. The van der Waals surface area contributed by atoms with Crippen LogP contribution in [0.2, 0.25) is 0 Å². The summed E-state index contributed by atoms with van der Waals surface area (Å²) in [4.78, 5) is 14.9. The minimum atomic E-state index is 0.0139. The highest BCUT2D eigenvalue weighted by atomic mass is 79.9. The fourth-order valence-corrected chi connectivity index (χ4v) is 2.13. The van der Waals surface area contributed by atoms with Gasteiger partial charge >= 0.3 is 0 Å². The van der Waals surface area contributed by atoms with Crippen molar-refractivity contribution in [1.29, 1.82) is 0 Å². The molecular weight excluding hydrogens is 256 g/mol. The van der Waals surface area contributed by atoms with Crippen molar-refractivity contribution in [2.45, 2.75) is 13.0 Å². The highest BCUT2D eigenvalue weighted by Crippen LogP contribution is 2.19. The Morgan fingerprint density at radius 2 is 2.40 bits per heavy atom. The predicted octanol–water partition coefficient (Wildman–Crippen LogP) is 2.67.